The molecular weight excluding hydrogens is 226 g/mol. The Labute approximate surface area is 108 Å². The van der Waals surface area contributed by atoms with Gasteiger partial charge in [0.1, 0.15) is 0 Å². The van der Waals surface area contributed by atoms with E-state index < -0.39 is 0 Å². The second-order valence-electron chi connectivity index (χ2n) is 4.20. The van der Waals surface area contributed by atoms with Crippen LogP contribution < -0.4 is 5.73 Å². The highest BCUT2D eigenvalue weighted by atomic mass is 16.2. The summed E-state index contributed by atoms with van der Waals surface area (Å²) in [6, 6.07) is 7.75. The van der Waals surface area contributed by atoms with Crippen LogP contribution >= 0.6 is 0 Å². The molecule has 4 heteroatoms. The first-order chi connectivity index (χ1) is 8.56. The predicted molar refractivity (Wildman–Crippen MR) is 72.9 cm³/mol. The third-order valence-electron chi connectivity index (χ3n) is 2.46. The average Bonchev–Trinajstić information content (AvgIpc) is 2.36. The summed E-state index contributed by atoms with van der Waals surface area (Å²) in [6.07, 6.45) is 0. The van der Waals surface area contributed by atoms with Crippen molar-refractivity contribution in [1.82, 2.24) is 9.80 Å². The molecule has 0 aliphatic heterocycles. The summed E-state index contributed by atoms with van der Waals surface area (Å²) < 4.78 is 0. The van der Waals surface area contributed by atoms with Gasteiger partial charge in [0, 0.05) is 33.3 Å². The smallest absolute Gasteiger partial charge is 0.319 e. The van der Waals surface area contributed by atoms with E-state index in [0.717, 1.165) is 11.1 Å². The van der Waals surface area contributed by atoms with E-state index in [2.05, 4.69) is 11.8 Å². The molecule has 0 spiro atoms. The van der Waals surface area contributed by atoms with Gasteiger partial charge in [0.25, 0.3) is 0 Å². The number of rotatable bonds is 2. The van der Waals surface area contributed by atoms with Crippen LogP contribution in [0.4, 0.5) is 4.79 Å². The first-order valence-corrected chi connectivity index (χ1v) is 5.75. The maximum absolute atomic E-state index is 11.8. The Balaban J connectivity index is 2.87. The average molecular weight is 245 g/mol. The largest absolute Gasteiger partial charge is 0.331 e. The third-order valence-corrected chi connectivity index (χ3v) is 2.46. The summed E-state index contributed by atoms with van der Waals surface area (Å²) in [5.74, 6) is 5.85. The van der Waals surface area contributed by atoms with Crippen LogP contribution in [0.2, 0.25) is 0 Å². The summed E-state index contributed by atoms with van der Waals surface area (Å²) in [4.78, 5) is 15.0. The second kappa shape index (κ2) is 6.67. The number of nitrogens with zero attached hydrogens (tertiary/aromatic N) is 2. The van der Waals surface area contributed by atoms with Crippen LogP contribution in [-0.4, -0.2) is 43.5 Å². The highest BCUT2D eigenvalue weighted by molar-refractivity contribution is 5.73. The maximum Gasteiger partial charge on any atom is 0.319 e. The molecule has 2 amide bonds. The van der Waals surface area contributed by atoms with Crippen molar-refractivity contribution in [2.24, 2.45) is 5.73 Å². The third kappa shape index (κ3) is 3.79. The van der Waals surface area contributed by atoms with Crippen LogP contribution in [0.5, 0.6) is 0 Å². The Morgan fingerprint density at radius 2 is 1.94 bits per heavy atom. The van der Waals surface area contributed by atoms with Crippen LogP contribution in [0.25, 0.3) is 0 Å². The predicted octanol–water partition coefficient (Wildman–Crippen LogP) is 1.11. The lowest BCUT2D eigenvalue weighted by atomic mass is 10.1. The van der Waals surface area contributed by atoms with Crippen molar-refractivity contribution in [2.45, 2.75) is 6.54 Å². The zero-order chi connectivity index (χ0) is 13.5. The lowest BCUT2D eigenvalue weighted by molar-refractivity contribution is 0.180. The van der Waals surface area contributed by atoms with E-state index >= 15 is 0 Å². The van der Waals surface area contributed by atoms with Gasteiger partial charge in [-0.3, -0.25) is 0 Å². The number of carbonyl (C=O) groups excluding carboxylic acids is 1. The molecule has 0 unspecified atom stereocenters. The number of nitrogens with two attached hydrogens (primary N) is 1. The normalized spacial score (nSPS) is 9.33. The Bertz CT molecular complexity index is 471. The minimum atomic E-state index is -0.0309. The zero-order valence-electron chi connectivity index (χ0n) is 11.1. The van der Waals surface area contributed by atoms with Crippen LogP contribution in [0.1, 0.15) is 11.1 Å². The van der Waals surface area contributed by atoms with Gasteiger partial charge in [-0.15, -0.1) is 0 Å². The van der Waals surface area contributed by atoms with E-state index in [9.17, 15) is 4.79 Å². The van der Waals surface area contributed by atoms with E-state index in [0.29, 0.717) is 13.1 Å². The molecule has 0 saturated heterocycles. The van der Waals surface area contributed by atoms with Crippen molar-refractivity contribution in [3.63, 3.8) is 0 Å². The van der Waals surface area contributed by atoms with Gasteiger partial charge >= 0.3 is 6.03 Å². The van der Waals surface area contributed by atoms with Crippen molar-refractivity contribution in [1.29, 1.82) is 0 Å². The molecule has 2 N–H and O–H groups in total. The minimum absolute atomic E-state index is 0.0309. The minimum Gasteiger partial charge on any atom is -0.331 e. The number of benzene rings is 1. The fourth-order valence-corrected chi connectivity index (χ4v) is 1.59. The van der Waals surface area contributed by atoms with Gasteiger partial charge < -0.3 is 15.5 Å². The molecule has 4 nitrogen and oxygen atoms in total. The van der Waals surface area contributed by atoms with Crippen LogP contribution in [0.15, 0.2) is 24.3 Å². The van der Waals surface area contributed by atoms with Crippen molar-refractivity contribution in [3.8, 4) is 11.8 Å². The van der Waals surface area contributed by atoms with Gasteiger partial charge in [-0.05, 0) is 11.6 Å². The monoisotopic (exact) mass is 245 g/mol. The topological polar surface area (TPSA) is 49.6 Å². The van der Waals surface area contributed by atoms with E-state index in [1.54, 1.807) is 30.9 Å². The second-order valence-corrected chi connectivity index (χ2v) is 4.20. The molecular formula is C14H19N3O. The zero-order valence-corrected chi connectivity index (χ0v) is 11.1. The molecule has 0 bridgehead atoms. The number of amides is 2. The molecule has 0 aromatic heterocycles. The molecule has 18 heavy (non-hydrogen) atoms. The Morgan fingerprint density at radius 3 is 2.56 bits per heavy atom. The van der Waals surface area contributed by atoms with Crippen molar-refractivity contribution < 1.29 is 4.79 Å². The first-order valence-electron chi connectivity index (χ1n) is 5.75. The Kier molecular flexibility index (Phi) is 5.22. The van der Waals surface area contributed by atoms with Crippen LogP contribution in [0, 0.1) is 11.8 Å². The summed E-state index contributed by atoms with van der Waals surface area (Å²) in [7, 11) is 5.24. The quantitative estimate of drug-likeness (QED) is 0.794. The highest BCUT2D eigenvalue weighted by Crippen LogP contribution is 2.10. The standard InChI is InChI=1S/C14H19N3O/c1-16(2)14(18)17(3)11-13-8-5-4-7-12(13)9-6-10-15/h4-5,7-8H,10-11,15H2,1-3H3. The molecule has 1 rings (SSSR count). The Hall–Kier alpha value is -1.99. The Morgan fingerprint density at radius 1 is 1.28 bits per heavy atom. The van der Waals surface area contributed by atoms with Gasteiger partial charge in [-0.1, -0.05) is 30.0 Å². The van der Waals surface area contributed by atoms with Crippen molar-refractivity contribution in [2.75, 3.05) is 27.7 Å². The van der Waals surface area contributed by atoms with Gasteiger partial charge in [0.15, 0.2) is 0 Å². The van der Waals surface area contributed by atoms with E-state index in [-0.39, 0.29) is 6.03 Å². The lowest BCUT2D eigenvalue weighted by Gasteiger charge is -2.22. The maximum atomic E-state index is 11.8. The number of hydrogen-bond acceptors (Lipinski definition) is 2. The molecule has 0 saturated carbocycles. The first kappa shape index (κ1) is 14.1. The molecule has 0 radical (unpaired) electrons. The molecule has 1 aromatic carbocycles. The summed E-state index contributed by atoms with van der Waals surface area (Å²) in [5, 5.41) is 0. The van der Waals surface area contributed by atoms with Gasteiger partial charge in [0.2, 0.25) is 0 Å². The van der Waals surface area contributed by atoms with E-state index in [1.807, 2.05) is 24.3 Å². The van der Waals surface area contributed by atoms with Gasteiger partial charge in [0.05, 0.1) is 6.54 Å². The summed E-state index contributed by atoms with van der Waals surface area (Å²) in [5.41, 5.74) is 7.31. The fourth-order valence-electron chi connectivity index (χ4n) is 1.59. The molecule has 0 aliphatic rings. The fraction of sp³-hybridized carbons (Fsp3) is 0.357. The van der Waals surface area contributed by atoms with Crippen molar-refractivity contribution in [3.05, 3.63) is 35.4 Å². The molecule has 0 heterocycles. The molecule has 1 aromatic rings. The number of hydrogen-bond donors (Lipinski definition) is 1. The lowest BCUT2D eigenvalue weighted by Crippen LogP contribution is -2.35. The van der Waals surface area contributed by atoms with Gasteiger partial charge in [-0.25, -0.2) is 4.79 Å². The van der Waals surface area contributed by atoms with Gasteiger partial charge in [-0.2, -0.15) is 0 Å². The summed E-state index contributed by atoms with van der Waals surface area (Å²) >= 11 is 0. The molecule has 96 valence electrons. The summed E-state index contributed by atoms with van der Waals surface area (Å²) in [6.45, 7) is 0.868. The van der Waals surface area contributed by atoms with Crippen LogP contribution in [-0.2, 0) is 6.54 Å². The number of carbonyl (C=O) groups is 1. The van der Waals surface area contributed by atoms with E-state index in [4.69, 9.17) is 5.73 Å². The SMILES string of the molecule is CN(C)C(=O)N(C)Cc1ccccc1C#CCN. The van der Waals surface area contributed by atoms with Crippen LogP contribution in [0.3, 0.4) is 0 Å². The van der Waals surface area contributed by atoms with E-state index in [1.165, 1.54) is 0 Å². The molecule has 0 fully saturated rings. The number of urea groups is 1. The molecule has 0 atom stereocenters. The highest BCUT2D eigenvalue weighted by Gasteiger charge is 2.12. The van der Waals surface area contributed by atoms with Crippen molar-refractivity contribution >= 4 is 6.03 Å². The molecule has 0 aliphatic carbocycles.